The topological polar surface area (TPSA) is 45.0 Å². The van der Waals surface area contributed by atoms with Gasteiger partial charge in [-0.15, -0.1) is 0 Å². The highest BCUT2D eigenvalue weighted by Gasteiger charge is 2.12. The number of nitrogens with zero attached hydrogens (tertiary/aromatic N) is 1. The van der Waals surface area contributed by atoms with Crippen LogP contribution in [0.2, 0.25) is 0 Å². The van der Waals surface area contributed by atoms with Crippen LogP contribution in [0.5, 0.6) is 5.75 Å². The lowest BCUT2D eigenvalue weighted by Gasteiger charge is -2.11. The molecule has 0 saturated heterocycles. The van der Waals surface area contributed by atoms with E-state index in [0.717, 1.165) is 12.1 Å². The smallest absolute Gasteiger partial charge is 0.146 e. The second kappa shape index (κ2) is 6.18. The van der Waals surface area contributed by atoms with Crippen molar-refractivity contribution >= 4 is 5.69 Å². The Balaban J connectivity index is 2.23. The molecule has 6 heteroatoms. The third-order valence-corrected chi connectivity index (χ3v) is 2.90. The second-order valence-electron chi connectivity index (χ2n) is 4.23. The van der Waals surface area contributed by atoms with Crippen molar-refractivity contribution in [2.45, 2.75) is 6.54 Å². The van der Waals surface area contributed by atoms with Crippen LogP contribution in [-0.2, 0) is 6.54 Å². The molecule has 0 aliphatic carbocycles. The van der Waals surface area contributed by atoms with Gasteiger partial charge < -0.3 is 10.1 Å². The zero-order valence-corrected chi connectivity index (χ0v) is 11.1. The van der Waals surface area contributed by atoms with Gasteiger partial charge >= 0.3 is 0 Å². The minimum Gasteiger partial charge on any atom is -0.497 e. The molecule has 0 atom stereocenters. The molecule has 0 bridgehead atoms. The Kier molecular flexibility index (Phi) is 4.33. The average Bonchev–Trinajstić information content (AvgIpc) is 2.47. The van der Waals surface area contributed by atoms with Crippen LogP contribution in [0.25, 0.3) is 0 Å². The minimum absolute atomic E-state index is 0.0671. The molecule has 0 amide bonds. The second-order valence-corrected chi connectivity index (χ2v) is 4.23. The Bertz CT molecular complexity index is 688. The van der Waals surface area contributed by atoms with E-state index >= 15 is 0 Å². The van der Waals surface area contributed by atoms with E-state index in [9.17, 15) is 13.2 Å². The zero-order valence-electron chi connectivity index (χ0n) is 11.1. The summed E-state index contributed by atoms with van der Waals surface area (Å²) in [4.78, 5) is 0. The van der Waals surface area contributed by atoms with Crippen LogP contribution >= 0.6 is 0 Å². The summed E-state index contributed by atoms with van der Waals surface area (Å²) in [7, 11) is 1.43. The van der Waals surface area contributed by atoms with Crippen molar-refractivity contribution < 1.29 is 17.9 Å². The monoisotopic (exact) mass is 292 g/mol. The van der Waals surface area contributed by atoms with Crippen molar-refractivity contribution in [3.63, 3.8) is 0 Å². The molecule has 1 N–H and O–H groups in total. The predicted molar refractivity (Wildman–Crippen MR) is 71.4 cm³/mol. The molecular weight excluding hydrogens is 281 g/mol. The van der Waals surface area contributed by atoms with Crippen LogP contribution in [0.4, 0.5) is 18.9 Å². The van der Waals surface area contributed by atoms with E-state index in [1.165, 1.54) is 25.3 Å². The Hall–Kier alpha value is -2.68. The molecule has 2 rings (SSSR count). The quantitative estimate of drug-likeness (QED) is 0.936. The Morgan fingerprint density at radius 2 is 1.76 bits per heavy atom. The van der Waals surface area contributed by atoms with Crippen LogP contribution < -0.4 is 10.1 Å². The summed E-state index contributed by atoms with van der Waals surface area (Å²) in [5.41, 5.74) is -0.310. The summed E-state index contributed by atoms with van der Waals surface area (Å²) in [6, 6.07) is 7.53. The van der Waals surface area contributed by atoms with E-state index < -0.39 is 17.5 Å². The molecule has 0 aromatic heterocycles. The summed E-state index contributed by atoms with van der Waals surface area (Å²) < 4.78 is 45.9. The Morgan fingerprint density at radius 1 is 1.10 bits per heavy atom. The SMILES string of the molecule is COc1ccc(F)c(NCc2c(F)cc(C#N)cc2F)c1. The lowest BCUT2D eigenvalue weighted by molar-refractivity contribution is 0.414. The summed E-state index contributed by atoms with van der Waals surface area (Å²) in [5, 5.41) is 11.2. The number of methoxy groups -OCH3 is 1. The van der Waals surface area contributed by atoms with Crippen molar-refractivity contribution in [2.75, 3.05) is 12.4 Å². The van der Waals surface area contributed by atoms with E-state index in [-0.39, 0.29) is 23.4 Å². The van der Waals surface area contributed by atoms with Gasteiger partial charge in [-0.25, -0.2) is 13.2 Å². The number of nitriles is 1. The maximum atomic E-state index is 13.7. The molecule has 3 nitrogen and oxygen atoms in total. The molecule has 2 aromatic carbocycles. The molecule has 108 valence electrons. The fraction of sp³-hybridized carbons (Fsp3) is 0.133. The Labute approximate surface area is 119 Å². The molecule has 0 radical (unpaired) electrons. The molecule has 0 saturated carbocycles. The number of benzene rings is 2. The first kappa shape index (κ1) is 14.7. The molecule has 0 aliphatic rings. The predicted octanol–water partition coefficient (Wildman–Crippen LogP) is 3.60. The molecule has 0 aliphatic heterocycles. The van der Waals surface area contributed by atoms with E-state index in [1.54, 1.807) is 6.07 Å². The molecular formula is C15H11F3N2O. The third kappa shape index (κ3) is 3.26. The molecule has 2 aromatic rings. The number of nitrogens with one attached hydrogen (secondary N) is 1. The first-order valence-corrected chi connectivity index (χ1v) is 6.00. The van der Waals surface area contributed by atoms with Crippen LogP contribution in [-0.4, -0.2) is 7.11 Å². The normalized spacial score (nSPS) is 10.0. The fourth-order valence-electron chi connectivity index (χ4n) is 1.79. The maximum Gasteiger partial charge on any atom is 0.146 e. The molecule has 0 heterocycles. The number of rotatable bonds is 4. The van der Waals surface area contributed by atoms with Gasteiger partial charge in [-0.1, -0.05) is 0 Å². The first-order chi connectivity index (χ1) is 10.0. The van der Waals surface area contributed by atoms with Crippen molar-refractivity contribution in [1.82, 2.24) is 0 Å². The summed E-state index contributed by atoms with van der Waals surface area (Å²) in [6.45, 7) is -0.256. The van der Waals surface area contributed by atoms with E-state index in [1.807, 2.05) is 0 Å². The van der Waals surface area contributed by atoms with Crippen LogP contribution in [0, 0.1) is 28.8 Å². The van der Waals surface area contributed by atoms with Gasteiger partial charge in [0.1, 0.15) is 23.2 Å². The average molecular weight is 292 g/mol. The Morgan fingerprint density at radius 3 is 2.33 bits per heavy atom. The van der Waals surface area contributed by atoms with Crippen molar-refractivity contribution in [1.29, 1.82) is 5.26 Å². The fourth-order valence-corrected chi connectivity index (χ4v) is 1.79. The van der Waals surface area contributed by atoms with Crippen LogP contribution in [0.1, 0.15) is 11.1 Å². The standard InChI is InChI=1S/C15H11F3N2O/c1-21-10-2-3-12(16)15(6-10)20-8-11-13(17)4-9(7-19)5-14(11)18/h2-6,20H,8H2,1H3. The number of hydrogen-bond acceptors (Lipinski definition) is 3. The summed E-state index contributed by atoms with van der Waals surface area (Å²) in [5.74, 6) is -1.87. The number of ether oxygens (including phenoxy) is 1. The molecule has 0 spiro atoms. The highest BCUT2D eigenvalue weighted by molar-refractivity contribution is 5.50. The van der Waals surface area contributed by atoms with Gasteiger partial charge in [-0.2, -0.15) is 5.26 Å². The lowest BCUT2D eigenvalue weighted by atomic mass is 10.1. The van der Waals surface area contributed by atoms with Gasteiger partial charge in [0.05, 0.1) is 24.4 Å². The number of anilines is 1. The van der Waals surface area contributed by atoms with E-state index in [0.29, 0.717) is 5.75 Å². The zero-order chi connectivity index (χ0) is 15.4. The van der Waals surface area contributed by atoms with Gasteiger partial charge in [-0.3, -0.25) is 0 Å². The van der Waals surface area contributed by atoms with E-state index in [4.69, 9.17) is 10.00 Å². The first-order valence-electron chi connectivity index (χ1n) is 6.00. The number of halogens is 3. The summed E-state index contributed by atoms with van der Waals surface area (Å²) >= 11 is 0. The van der Waals surface area contributed by atoms with Gasteiger partial charge in [-0.05, 0) is 24.3 Å². The van der Waals surface area contributed by atoms with Gasteiger partial charge in [0.2, 0.25) is 0 Å². The minimum atomic E-state index is -0.859. The van der Waals surface area contributed by atoms with Crippen LogP contribution in [0.15, 0.2) is 30.3 Å². The largest absolute Gasteiger partial charge is 0.497 e. The van der Waals surface area contributed by atoms with Gasteiger partial charge in [0.25, 0.3) is 0 Å². The van der Waals surface area contributed by atoms with Crippen LogP contribution in [0.3, 0.4) is 0 Å². The van der Waals surface area contributed by atoms with Crippen molar-refractivity contribution in [3.05, 3.63) is 58.9 Å². The lowest BCUT2D eigenvalue weighted by Crippen LogP contribution is -2.06. The third-order valence-electron chi connectivity index (χ3n) is 2.90. The van der Waals surface area contributed by atoms with E-state index in [2.05, 4.69) is 5.32 Å². The van der Waals surface area contributed by atoms with Crippen molar-refractivity contribution in [2.24, 2.45) is 0 Å². The molecule has 0 unspecified atom stereocenters. The van der Waals surface area contributed by atoms with Crippen molar-refractivity contribution in [3.8, 4) is 11.8 Å². The highest BCUT2D eigenvalue weighted by atomic mass is 19.1. The maximum absolute atomic E-state index is 13.7. The molecule has 21 heavy (non-hydrogen) atoms. The summed E-state index contributed by atoms with van der Waals surface area (Å²) in [6.07, 6.45) is 0. The van der Waals surface area contributed by atoms with Gasteiger partial charge in [0.15, 0.2) is 0 Å². The number of hydrogen-bond donors (Lipinski definition) is 1. The molecule has 0 fully saturated rings. The highest BCUT2D eigenvalue weighted by Crippen LogP contribution is 2.23. The van der Waals surface area contributed by atoms with Gasteiger partial charge in [0, 0.05) is 18.2 Å².